The third-order valence-corrected chi connectivity index (χ3v) is 3.32. The van der Waals surface area contributed by atoms with Crippen LogP contribution in [0, 0.1) is 5.92 Å². The van der Waals surface area contributed by atoms with Crippen molar-refractivity contribution in [2.75, 3.05) is 0 Å². The molecule has 1 aromatic heterocycles. The van der Waals surface area contributed by atoms with Gasteiger partial charge in [0.1, 0.15) is 5.75 Å². The molecule has 0 bridgehead atoms. The Morgan fingerprint density at radius 3 is 2.67 bits per heavy atom. The number of hydrogen-bond acceptors (Lipinski definition) is 2. The Bertz CT molecular complexity index is 441. The van der Waals surface area contributed by atoms with Gasteiger partial charge < -0.3 is 9.67 Å². The zero-order valence-electron chi connectivity index (χ0n) is 8.65. The van der Waals surface area contributed by atoms with Crippen LogP contribution < -0.4 is 5.56 Å². The van der Waals surface area contributed by atoms with E-state index in [0.717, 1.165) is 19.4 Å². The quantitative estimate of drug-likeness (QED) is 0.818. The zero-order chi connectivity index (χ0) is 10.4. The molecule has 0 radical (unpaired) electrons. The van der Waals surface area contributed by atoms with E-state index in [1.54, 1.807) is 16.8 Å². The summed E-state index contributed by atoms with van der Waals surface area (Å²) in [7, 11) is 0. The van der Waals surface area contributed by atoms with Gasteiger partial charge in [-0.2, -0.15) is 0 Å². The highest BCUT2D eigenvalue weighted by atomic mass is 16.3. The molecule has 3 rings (SSSR count). The number of aromatic hydroxyl groups is 1. The molecule has 0 saturated heterocycles. The molecule has 0 amide bonds. The van der Waals surface area contributed by atoms with E-state index in [1.807, 2.05) is 0 Å². The number of rotatable bonds is 3. The Morgan fingerprint density at radius 1 is 1.33 bits per heavy atom. The third-order valence-electron chi connectivity index (χ3n) is 3.32. The molecule has 1 aromatic rings. The van der Waals surface area contributed by atoms with Crippen molar-refractivity contribution < 1.29 is 5.11 Å². The Hall–Kier alpha value is -1.25. The summed E-state index contributed by atoms with van der Waals surface area (Å²) in [6, 6.07) is 1.66. The predicted molar refractivity (Wildman–Crippen MR) is 57.1 cm³/mol. The van der Waals surface area contributed by atoms with Crippen molar-refractivity contribution in [2.24, 2.45) is 5.92 Å². The highest BCUT2D eigenvalue weighted by molar-refractivity contribution is 5.35. The summed E-state index contributed by atoms with van der Waals surface area (Å²) in [4.78, 5) is 12.0. The summed E-state index contributed by atoms with van der Waals surface area (Å²) in [6.45, 7) is 0.832. The van der Waals surface area contributed by atoms with E-state index in [0.29, 0.717) is 17.4 Å². The number of hydrogen-bond donors (Lipinski definition) is 1. The van der Waals surface area contributed by atoms with E-state index in [4.69, 9.17) is 0 Å². The van der Waals surface area contributed by atoms with Gasteiger partial charge in [-0.25, -0.2) is 0 Å². The molecular formula is C12H15NO2. The number of pyridine rings is 1. The van der Waals surface area contributed by atoms with Gasteiger partial charge in [0.2, 0.25) is 0 Å². The van der Waals surface area contributed by atoms with Crippen LogP contribution in [0.2, 0.25) is 0 Å². The molecule has 3 nitrogen and oxygen atoms in total. The maximum atomic E-state index is 12.0. The van der Waals surface area contributed by atoms with Gasteiger partial charge in [0.05, 0.1) is 5.56 Å². The molecule has 2 aliphatic rings. The first kappa shape index (κ1) is 9.01. The van der Waals surface area contributed by atoms with E-state index in [9.17, 15) is 9.90 Å². The van der Waals surface area contributed by atoms with Crippen molar-refractivity contribution in [2.45, 2.75) is 38.1 Å². The monoisotopic (exact) mass is 205 g/mol. The summed E-state index contributed by atoms with van der Waals surface area (Å²) >= 11 is 0. The van der Waals surface area contributed by atoms with Gasteiger partial charge in [0.15, 0.2) is 0 Å². The highest BCUT2D eigenvalue weighted by Gasteiger charge is 2.30. The van der Waals surface area contributed by atoms with Gasteiger partial charge in [-0.1, -0.05) is 0 Å². The average molecular weight is 205 g/mol. The second kappa shape index (κ2) is 3.12. The molecule has 2 fully saturated rings. The zero-order valence-corrected chi connectivity index (χ0v) is 8.65. The van der Waals surface area contributed by atoms with Crippen LogP contribution in [0.15, 0.2) is 17.1 Å². The molecule has 15 heavy (non-hydrogen) atoms. The van der Waals surface area contributed by atoms with Crippen LogP contribution in [0.4, 0.5) is 0 Å². The lowest BCUT2D eigenvalue weighted by molar-refractivity contribution is 0.460. The molecule has 1 N–H and O–H groups in total. The molecule has 1 heterocycles. The Balaban J connectivity index is 2.00. The fraction of sp³-hybridized carbons (Fsp3) is 0.583. The maximum Gasteiger partial charge on any atom is 0.257 e. The van der Waals surface area contributed by atoms with Crippen molar-refractivity contribution in [3.05, 3.63) is 28.2 Å². The third kappa shape index (κ3) is 1.66. The van der Waals surface area contributed by atoms with Gasteiger partial charge in [-0.3, -0.25) is 4.79 Å². The van der Waals surface area contributed by atoms with Crippen LogP contribution in [0.5, 0.6) is 5.75 Å². The molecule has 80 valence electrons. The van der Waals surface area contributed by atoms with Gasteiger partial charge >= 0.3 is 0 Å². The fourth-order valence-corrected chi connectivity index (χ4v) is 2.06. The average Bonchev–Trinajstić information content (AvgIpc) is 3.03. The first-order chi connectivity index (χ1) is 7.25. The highest BCUT2D eigenvalue weighted by Crippen LogP contribution is 2.42. The van der Waals surface area contributed by atoms with E-state index < -0.39 is 0 Å². The lowest BCUT2D eigenvalue weighted by Crippen LogP contribution is -2.23. The summed E-state index contributed by atoms with van der Waals surface area (Å²) < 4.78 is 1.77. The van der Waals surface area contributed by atoms with E-state index in [1.165, 1.54) is 12.8 Å². The summed E-state index contributed by atoms with van der Waals surface area (Å²) in [5.74, 6) is 1.21. The van der Waals surface area contributed by atoms with Gasteiger partial charge in [-0.15, -0.1) is 0 Å². The lowest BCUT2D eigenvalue weighted by Gasteiger charge is -2.08. The topological polar surface area (TPSA) is 42.2 Å². The second-order valence-electron chi connectivity index (χ2n) is 4.79. The minimum absolute atomic E-state index is 0.0319. The standard InChI is InChI=1S/C12H15NO2/c14-10-5-6-13(7-8-1-2-8)12(15)11(10)9-3-4-9/h5-6,8-9,14H,1-4,7H2. The summed E-state index contributed by atoms with van der Waals surface area (Å²) in [6.07, 6.45) is 6.31. The summed E-state index contributed by atoms with van der Waals surface area (Å²) in [5.41, 5.74) is 0.683. The lowest BCUT2D eigenvalue weighted by atomic mass is 10.1. The van der Waals surface area contributed by atoms with Crippen molar-refractivity contribution in [1.82, 2.24) is 4.57 Å². The van der Waals surface area contributed by atoms with Crippen LogP contribution in [-0.4, -0.2) is 9.67 Å². The predicted octanol–water partition coefficient (Wildman–Crippen LogP) is 1.84. The molecule has 0 atom stereocenters. The molecular weight excluding hydrogens is 190 g/mol. The van der Waals surface area contributed by atoms with Crippen molar-refractivity contribution in [1.29, 1.82) is 0 Å². The van der Waals surface area contributed by atoms with Crippen molar-refractivity contribution in [3.8, 4) is 5.75 Å². The van der Waals surface area contributed by atoms with E-state index >= 15 is 0 Å². The molecule has 0 aromatic carbocycles. The Labute approximate surface area is 88.4 Å². The molecule has 0 spiro atoms. The minimum atomic E-state index is 0.0319. The molecule has 2 saturated carbocycles. The minimum Gasteiger partial charge on any atom is -0.507 e. The maximum absolute atomic E-state index is 12.0. The van der Waals surface area contributed by atoms with Crippen LogP contribution in [-0.2, 0) is 6.54 Å². The van der Waals surface area contributed by atoms with E-state index in [2.05, 4.69) is 0 Å². The molecule has 0 unspecified atom stereocenters. The second-order valence-corrected chi connectivity index (χ2v) is 4.79. The molecule has 2 aliphatic carbocycles. The summed E-state index contributed by atoms with van der Waals surface area (Å²) in [5, 5.41) is 9.66. The van der Waals surface area contributed by atoms with Gasteiger partial charge in [0, 0.05) is 12.7 Å². The van der Waals surface area contributed by atoms with Gasteiger partial charge in [-0.05, 0) is 43.6 Å². The first-order valence-electron chi connectivity index (χ1n) is 5.68. The van der Waals surface area contributed by atoms with Crippen LogP contribution in [0.25, 0.3) is 0 Å². The Morgan fingerprint density at radius 2 is 2.07 bits per heavy atom. The largest absolute Gasteiger partial charge is 0.507 e. The van der Waals surface area contributed by atoms with Crippen LogP contribution >= 0.6 is 0 Å². The van der Waals surface area contributed by atoms with Gasteiger partial charge in [0.25, 0.3) is 5.56 Å². The smallest absolute Gasteiger partial charge is 0.257 e. The van der Waals surface area contributed by atoms with Crippen molar-refractivity contribution in [3.63, 3.8) is 0 Å². The molecule has 0 aliphatic heterocycles. The van der Waals surface area contributed by atoms with Crippen LogP contribution in [0.3, 0.4) is 0 Å². The van der Waals surface area contributed by atoms with Crippen LogP contribution in [0.1, 0.15) is 37.2 Å². The first-order valence-corrected chi connectivity index (χ1v) is 5.68. The Kier molecular flexibility index (Phi) is 1.87. The number of aromatic nitrogens is 1. The fourth-order valence-electron chi connectivity index (χ4n) is 2.06. The van der Waals surface area contributed by atoms with Crippen molar-refractivity contribution >= 4 is 0 Å². The van der Waals surface area contributed by atoms with E-state index in [-0.39, 0.29) is 11.3 Å². The SMILES string of the molecule is O=c1c(C2CC2)c(O)ccn1CC1CC1. The molecule has 3 heteroatoms. The number of nitrogens with zero attached hydrogens (tertiary/aromatic N) is 1. The normalized spacial score (nSPS) is 20.5.